The SMILES string of the molecule is CCCN(C)c1cc(C(=O)NC[C@H](O)CN2CCc3cc(OCC4CNCO4)ccc3C2)cc(NC2CCC2)n1. The summed E-state index contributed by atoms with van der Waals surface area (Å²) in [5.41, 5.74) is 3.10. The number of aliphatic hydroxyl groups is 1. The molecule has 1 unspecified atom stereocenters. The van der Waals surface area contributed by atoms with Gasteiger partial charge in [-0.25, -0.2) is 4.98 Å². The van der Waals surface area contributed by atoms with E-state index >= 15 is 0 Å². The molecule has 218 valence electrons. The first-order valence-corrected chi connectivity index (χ1v) is 14.7. The number of hydrogen-bond acceptors (Lipinski definition) is 9. The van der Waals surface area contributed by atoms with Crippen molar-refractivity contribution in [3.63, 3.8) is 0 Å². The fourth-order valence-corrected chi connectivity index (χ4v) is 5.39. The first-order valence-electron chi connectivity index (χ1n) is 14.7. The number of aliphatic hydroxyl groups excluding tert-OH is 1. The second-order valence-corrected chi connectivity index (χ2v) is 11.3. The summed E-state index contributed by atoms with van der Waals surface area (Å²) in [4.78, 5) is 22.1. The zero-order valence-electron chi connectivity index (χ0n) is 23.8. The summed E-state index contributed by atoms with van der Waals surface area (Å²) in [5, 5.41) is 20.3. The van der Waals surface area contributed by atoms with Gasteiger partial charge in [-0.1, -0.05) is 13.0 Å². The average Bonchev–Trinajstić information content (AvgIpc) is 3.46. The summed E-state index contributed by atoms with van der Waals surface area (Å²) in [6.07, 6.45) is 4.82. The fraction of sp³-hybridized carbons (Fsp3) is 0.600. The Balaban J connectivity index is 1.11. The normalized spacial score (nSPS) is 19.9. The predicted molar refractivity (Wildman–Crippen MR) is 156 cm³/mol. The lowest BCUT2D eigenvalue weighted by atomic mass is 9.93. The lowest BCUT2D eigenvalue weighted by Gasteiger charge is -2.30. The maximum absolute atomic E-state index is 13.1. The number of anilines is 2. The first kappa shape index (κ1) is 28.6. The van der Waals surface area contributed by atoms with Gasteiger partial charge in [-0.15, -0.1) is 0 Å². The highest BCUT2D eigenvalue weighted by Crippen LogP contribution is 2.26. The van der Waals surface area contributed by atoms with Crippen LogP contribution in [0.15, 0.2) is 30.3 Å². The van der Waals surface area contributed by atoms with Crippen molar-refractivity contribution in [2.24, 2.45) is 0 Å². The van der Waals surface area contributed by atoms with E-state index in [1.807, 2.05) is 25.2 Å². The van der Waals surface area contributed by atoms with E-state index in [2.05, 4.69) is 44.8 Å². The van der Waals surface area contributed by atoms with Crippen LogP contribution in [0.4, 0.5) is 11.6 Å². The van der Waals surface area contributed by atoms with Crippen LogP contribution < -0.4 is 25.6 Å². The van der Waals surface area contributed by atoms with Crippen LogP contribution in [0.25, 0.3) is 0 Å². The molecule has 1 saturated carbocycles. The lowest BCUT2D eigenvalue weighted by molar-refractivity contribution is 0.0715. The third-order valence-corrected chi connectivity index (χ3v) is 7.95. The highest BCUT2D eigenvalue weighted by atomic mass is 16.5. The second kappa shape index (κ2) is 13.6. The van der Waals surface area contributed by atoms with Gasteiger partial charge in [0.25, 0.3) is 5.91 Å². The zero-order valence-corrected chi connectivity index (χ0v) is 23.8. The number of hydrogen-bond donors (Lipinski definition) is 4. The van der Waals surface area contributed by atoms with Gasteiger partial charge >= 0.3 is 0 Å². The molecule has 4 N–H and O–H groups in total. The fourth-order valence-electron chi connectivity index (χ4n) is 5.39. The summed E-state index contributed by atoms with van der Waals surface area (Å²) < 4.78 is 11.5. The summed E-state index contributed by atoms with van der Waals surface area (Å²) in [6, 6.07) is 10.3. The van der Waals surface area contributed by atoms with Gasteiger partial charge in [0.15, 0.2) is 0 Å². The van der Waals surface area contributed by atoms with Crippen molar-refractivity contribution in [2.75, 3.05) is 63.3 Å². The molecule has 0 spiro atoms. The molecule has 1 aliphatic carbocycles. The number of amides is 1. The lowest BCUT2D eigenvalue weighted by Crippen LogP contribution is -2.42. The Morgan fingerprint density at radius 1 is 1.30 bits per heavy atom. The predicted octanol–water partition coefficient (Wildman–Crippen LogP) is 2.37. The smallest absolute Gasteiger partial charge is 0.251 e. The maximum atomic E-state index is 13.1. The Labute approximate surface area is 237 Å². The molecule has 3 aliphatic rings. The van der Waals surface area contributed by atoms with Gasteiger partial charge in [-0.3, -0.25) is 15.0 Å². The number of ether oxygens (including phenoxy) is 2. The monoisotopic (exact) mass is 552 g/mol. The van der Waals surface area contributed by atoms with Crippen molar-refractivity contribution in [1.82, 2.24) is 20.5 Å². The first-order chi connectivity index (χ1) is 19.5. The molecule has 5 rings (SSSR count). The number of rotatable bonds is 13. The molecule has 1 amide bonds. The second-order valence-electron chi connectivity index (χ2n) is 11.3. The van der Waals surface area contributed by atoms with E-state index in [1.165, 1.54) is 17.5 Å². The van der Waals surface area contributed by atoms with Crippen LogP contribution in [0.2, 0.25) is 0 Å². The van der Waals surface area contributed by atoms with Crippen LogP contribution in [0.3, 0.4) is 0 Å². The van der Waals surface area contributed by atoms with Gasteiger partial charge in [0.1, 0.15) is 30.1 Å². The van der Waals surface area contributed by atoms with Crippen LogP contribution in [-0.4, -0.2) is 92.3 Å². The quantitative estimate of drug-likeness (QED) is 0.298. The molecule has 1 aromatic carbocycles. The molecule has 10 heteroatoms. The zero-order chi connectivity index (χ0) is 27.9. The van der Waals surface area contributed by atoms with Crippen molar-refractivity contribution < 1.29 is 19.4 Å². The summed E-state index contributed by atoms with van der Waals surface area (Å²) in [6.45, 7) is 7.25. The number of aromatic nitrogens is 1. The Kier molecular flexibility index (Phi) is 9.74. The number of carbonyl (C=O) groups is 1. The van der Waals surface area contributed by atoms with Crippen LogP contribution in [-0.2, 0) is 17.7 Å². The van der Waals surface area contributed by atoms with Crippen LogP contribution in [0, 0.1) is 0 Å². The summed E-state index contributed by atoms with van der Waals surface area (Å²) in [7, 11) is 2.00. The van der Waals surface area contributed by atoms with Crippen molar-refractivity contribution in [3.05, 3.63) is 47.0 Å². The van der Waals surface area contributed by atoms with Gasteiger partial charge in [0.05, 0.1) is 12.8 Å². The van der Waals surface area contributed by atoms with Crippen LogP contribution in [0.5, 0.6) is 5.75 Å². The molecule has 40 heavy (non-hydrogen) atoms. The number of fused-ring (bicyclic) bond motifs is 1. The number of carbonyl (C=O) groups excluding carboxylic acids is 1. The van der Waals surface area contributed by atoms with Crippen LogP contribution >= 0.6 is 0 Å². The molecule has 1 aromatic heterocycles. The third-order valence-electron chi connectivity index (χ3n) is 7.95. The Morgan fingerprint density at radius 2 is 2.17 bits per heavy atom. The van der Waals surface area contributed by atoms with Gasteiger partial charge in [-0.2, -0.15) is 0 Å². The topological polar surface area (TPSA) is 111 Å². The summed E-state index contributed by atoms with van der Waals surface area (Å²) in [5.74, 6) is 2.19. The number of nitrogens with zero attached hydrogens (tertiary/aromatic N) is 3. The minimum absolute atomic E-state index is 0.0996. The van der Waals surface area contributed by atoms with Crippen molar-refractivity contribution in [2.45, 2.75) is 63.8 Å². The molecule has 3 heterocycles. The molecule has 0 bridgehead atoms. The number of β-amino-alcohol motifs (C(OH)–C–C–N with tert-alkyl or cyclic N) is 1. The third kappa shape index (κ3) is 7.63. The van der Waals surface area contributed by atoms with Gasteiger partial charge in [0, 0.05) is 57.9 Å². The highest BCUT2D eigenvalue weighted by molar-refractivity contribution is 5.95. The van der Waals surface area contributed by atoms with E-state index in [0.29, 0.717) is 31.5 Å². The van der Waals surface area contributed by atoms with E-state index in [9.17, 15) is 9.90 Å². The molecule has 2 atom stereocenters. The van der Waals surface area contributed by atoms with Crippen molar-refractivity contribution in [1.29, 1.82) is 0 Å². The molecule has 1 saturated heterocycles. The highest BCUT2D eigenvalue weighted by Gasteiger charge is 2.22. The van der Waals surface area contributed by atoms with E-state index < -0.39 is 6.10 Å². The van der Waals surface area contributed by atoms with Gasteiger partial charge in [-0.05, 0) is 67.5 Å². The number of benzene rings is 1. The van der Waals surface area contributed by atoms with Gasteiger partial charge in [0.2, 0.25) is 0 Å². The van der Waals surface area contributed by atoms with Gasteiger partial charge < -0.3 is 30.1 Å². The van der Waals surface area contributed by atoms with Crippen LogP contribution in [0.1, 0.15) is 54.1 Å². The molecular weight excluding hydrogens is 508 g/mol. The van der Waals surface area contributed by atoms with Crippen molar-refractivity contribution >= 4 is 17.5 Å². The minimum Gasteiger partial charge on any atom is -0.491 e. The molecule has 10 nitrogen and oxygen atoms in total. The number of nitrogens with one attached hydrogen (secondary N) is 3. The maximum Gasteiger partial charge on any atom is 0.251 e. The average molecular weight is 553 g/mol. The van der Waals surface area contributed by atoms with E-state index in [0.717, 1.165) is 69.2 Å². The molecule has 2 fully saturated rings. The van der Waals surface area contributed by atoms with E-state index in [1.54, 1.807) is 0 Å². The standard InChI is InChI=1S/C30H44N6O4/c1-3-10-35(2)29-14-23(13-28(34-29)33-24-5-4-6-24)30(38)32-15-25(37)18-36-11-9-21-12-26(8-7-22(21)17-36)39-19-27-16-31-20-40-27/h7-8,12-14,24-25,27,31,37H,3-6,9-11,15-20H2,1-2H3,(H,32,38)(H,33,34)/t25-,27?/m0/s1. The molecule has 2 aromatic rings. The van der Waals surface area contributed by atoms with E-state index in [4.69, 9.17) is 14.5 Å². The Bertz CT molecular complexity index is 1140. The number of pyridine rings is 1. The van der Waals surface area contributed by atoms with E-state index in [-0.39, 0.29) is 18.6 Å². The molecular formula is C30H44N6O4. The minimum atomic E-state index is -0.662. The van der Waals surface area contributed by atoms with Crippen molar-refractivity contribution in [3.8, 4) is 5.75 Å². The largest absolute Gasteiger partial charge is 0.491 e. The summed E-state index contributed by atoms with van der Waals surface area (Å²) >= 11 is 0. The molecule has 0 radical (unpaired) electrons. The Hall–Kier alpha value is -2.92. The Morgan fingerprint density at radius 3 is 2.92 bits per heavy atom. The molecule has 2 aliphatic heterocycles.